The first-order chi connectivity index (χ1) is 9.29. The Balaban J connectivity index is 1.77. The van der Waals surface area contributed by atoms with Crippen molar-refractivity contribution in [2.75, 3.05) is 19.7 Å². The number of hydrogen-bond acceptors (Lipinski definition) is 3. The molecule has 102 valence electrons. The van der Waals surface area contributed by atoms with Crippen LogP contribution in [0, 0.1) is 11.3 Å². The van der Waals surface area contributed by atoms with Gasteiger partial charge in [0.05, 0.1) is 11.6 Å². The molecule has 1 unspecified atom stereocenters. The van der Waals surface area contributed by atoms with E-state index in [4.69, 9.17) is 10.00 Å². The van der Waals surface area contributed by atoms with Gasteiger partial charge in [-0.3, -0.25) is 4.90 Å². The van der Waals surface area contributed by atoms with E-state index >= 15 is 0 Å². The zero-order valence-corrected chi connectivity index (χ0v) is 11.6. The maximum absolute atomic E-state index is 8.73. The first-order valence-corrected chi connectivity index (χ1v) is 7.16. The van der Waals surface area contributed by atoms with Gasteiger partial charge in [0.15, 0.2) is 0 Å². The van der Waals surface area contributed by atoms with Gasteiger partial charge in [0.25, 0.3) is 0 Å². The van der Waals surface area contributed by atoms with Crippen LogP contribution in [0.2, 0.25) is 0 Å². The molecule has 1 aliphatic heterocycles. The highest BCUT2D eigenvalue weighted by Gasteiger charge is 2.16. The van der Waals surface area contributed by atoms with E-state index < -0.39 is 0 Å². The quantitative estimate of drug-likeness (QED) is 0.832. The van der Waals surface area contributed by atoms with Crippen molar-refractivity contribution < 1.29 is 4.74 Å². The normalized spacial score (nSPS) is 20.5. The van der Waals surface area contributed by atoms with E-state index in [0.29, 0.717) is 11.6 Å². The van der Waals surface area contributed by atoms with Gasteiger partial charge in [0, 0.05) is 12.6 Å². The van der Waals surface area contributed by atoms with Crippen LogP contribution >= 0.6 is 0 Å². The molecule has 2 rings (SSSR count). The summed E-state index contributed by atoms with van der Waals surface area (Å²) in [5.41, 5.74) is 0.675. The molecule has 0 spiro atoms. The van der Waals surface area contributed by atoms with Crippen molar-refractivity contribution in [3.63, 3.8) is 0 Å². The first kappa shape index (κ1) is 13.9. The Kier molecular flexibility index (Phi) is 5.23. The Hall–Kier alpha value is -1.53. The molecule has 0 bridgehead atoms. The Labute approximate surface area is 115 Å². The highest BCUT2D eigenvalue weighted by molar-refractivity contribution is 5.34. The van der Waals surface area contributed by atoms with E-state index in [1.807, 2.05) is 12.1 Å². The zero-order chi connectivity index (χ0) is 13.5. The van der Waals surface area contributed by atoms with Crippen LogP contribution in [0.5, 0.6) is 5.75 Å². The van der Waals surface area contributed by atoms with Crippen molar-refractivity contribution in [1.29, 1.82) is 5.26 Å². The van der Waals surface area contributed by atoms with Crippen LogP contribution in [-0.4, -0.2) is 30.6 Å². The molecule has 0 saturated carbocycles. The molecular weight excluding hydrogens is 236 g/mol. The molecule has 1 heterocycles. The number of likely N-dealkylation sites (tertiary alicyclic amines) is 1. The molecule has 0 aliphatic carbocycles. The van der Waals surface area contributed by atoms with Crippen LogP contribution in [0.1, 0.15) is 38.2 Å². The topological polar surface area (TPSA) is 36.3 Å². The van der Waals surface area contributed by atoms with Gasteiger partial charge >= 0.3 is 0 Å². The third-order valence-electron chi connectivity index (χ3n) is 3.82. The van der Waals surface area contributed by atoms with Crippen LogP contribution in [0.25, 0.3) is 0 Å². The van der Waals surface area contributed by atoms with Crippen LogP contribution in [0.4, 0.5) is 0 Å². The first-order valence-electron chi connectivity index (χ1n) is 7.16. The van der Waals surface area contributed by atoms with E-state index in [1.165, 1.54) is 32.2 Å². The fourth-order valence-corrected chi connectivity index (χ4v) is 2.57. The largest absolute Gasteiger partial charge is 0.492 e. The van der Waals surface area contributed by atoms with Crippen molar-refractivity contribution >= 4 is 0 Å². The minimum Gasteiger partial charge on any atom is -0.492 e. The van der Waals surface area contributed by atoms with E-state index in [-0.39, 0.29) is 0 Å². The summed E-state index contributed by atoms with van der Waals surface area (Å²) >= 11 is 0. The molecule has 1 aromatic carbocycles. The Morgan fingerprint density at radius 2 is 2.05 bits per heavy atom. The summed E-state index contributed by atoms with van der Waals surface area (Å²) in [6.07, 6.45) is 5.32. The van der Waals surface area contributed by atoms with Gasteiger partial charge in [-0.05, 0) is 50.6 Å². The molecule has 0 N–H and O–H groups in total. The highest BCUT2D eigenvalue weighted by Crippen LogP contribution is 2.16. The van der Waals surface area contributed by atoms with Crippen molar-refractivity contribution in [3.05, 3.63) is 29.8 Å². The predicted molar refractivity (Wildman–Crippen MR) is 76.2 cm³/mol. The SMILES string of the molecule is CC1CCCCCN1CCOc1ccc(C#N)cc1. The van der Waals surface area contributed by atoms with E-state index in [2.05, 4.69) is 17.9 Å². The lowest BCUT2D eigenvalue weighted by Crippen LogP contribution is -2.35. The van der Waals surface area contributed by atoms with Gasteiger partial charge in [-0.25, -0.2) is 0 Å². The average Bonchev–Trinajstić information content (AvgIpc) is 2.65. The van der Waals surface area contributed by atoms with Crippen LogP contribution in [-0.2, 0) is 0 Å². The second-order valence-electron chi connectivity index (χ2n) is 5.22. The molecule has 3 nitrogen and oxygen atoms in total. The van der Waals surface area contributed by atoms with Crippen molar-refractivity contribution in [2.24, 2.45) is 0 Å². The summed E-state index contributed by atoms with van der Waals surface area (Å²) in [5.74, 6) is 0.849. The lowest BCUT2D eigenvalue weighted by Gasteiger charge is -2.26. The lowest BCUT2D eigenvalue weighted by molar-refractivity contribution is 0.171. The van der Waals surface area contributed by atoms with Crippen molar-refractivity contribution in [3.8, 4) is 11.8 Å². The predicted octanol–water partition coefficient (Wildman–Crippen LogP) is 3.20. The fraction of sp³-hybridized carbons (Fsp3) is 0.562. The zero-order valence-electron chi connectivity index (χ0n) is 11.6. The van der Waals surface area contributed by atoms with Gasteiger partial charge in [-0.15, -0.1) is 0 Å². The molecule has 1 fully saturated rings. The third-order valence-corrected chi connectivity index (χ3v) is 3.82. The van der Waals surface area contributed by atoms with Crippen LogP contribution < -0.4 is 4.74 Å². The molecule has 0 radical (unpaired) electrons. The molecule has 19 heavy (non-hydrogen) atoms. The maximum Gasteiger partial charge on any atom is 0.119 e. The summed E-state index contributed by atoms with van der Waals surface area (Å²) in [7, 11) is 0. The number of nitrogens with zero attached hydrogens (tertiary/aromatic N) is 2. The molecule has 1 aromatic rings. The Bertz CT molecular complexity index is 421. The van der Waals surface area contributed by atoms with Gasteiger partial charge in [-0.2, -0.15) is 5.26 Å². The maximum atomic E-state index is 8.73. The third kappa shape index (κ3) is 4.25. The van der Waals surface area contributed by atoms with E-state index in [9.17, 15) is 0 Å². The van der Waals surface area contributed by atoms with Crippen LogP contribution in [0.15, 0.2) is 24.3 Å². The number of rotatable bonds is 4. The number of nitriles is 1. The second kappa shape index (κ2) is 7.16. The molecular formula is C16H22N2O. The lowest BCUT2D eigenvalue weighted by atomic mass is 10.1. The molecule has 0 aromatic heterocycles. The van der Waals surface area contributed by atoms with Gasteiger partial charge in [0.2, 0.25) is 0 Å². The minimum atomic E-state index is 0.673. The van der Waals surface area contributed by atoms with Crippen molar-refractivity contribution in [2.45, 2.75) is 38.6 Å². The summed E-state index contributed by atoms with van der Waals surface area (Å²) in [5, 5.41) is 8.73. The average molecular weight is 258 g/mol. The van der Waals surface area contributed by atoms with Crippen LogP contribution in [0.3, 0.4) is 0 Å². The Morgan fingerprint density at radius 1 is 1.26 bits per heavy atom. The number of hydrogen-bond donors (Lipinski definition) is 0. The minimum absolute atomic E-state index is 0.673. The summed E-state index contributed by atoms with van der Waals surface area (Å²) in [6, 6.07) is 10.1. The van der Waals surface area contributed by atoms with Gasteiger partial charge in [0.1, 0.15) is 12.4 Å². The second-order valence-corrected chi connectivity index (χ2v) is 5.22. The molecule has 1 aliphatic rings. The molecule has 0 amide bonds. The van der Waals surface area contributed by atoms with Gasteiger partial charge < -0.3 is 4.74 Å². The van der Waals surface area contributed by atoms with Gasteiger partial charge in [-0.1, -0.05) is 12.8 Å². The number of ether oxygens (including phenoxy) is 1. The summed E-state index contributed by atoms with van der Waals surface area (Å²) in [4.78, 5) is 2.52. The Morgan fingerprint density at radius 3 is 2.79 bits per heavy atom. The molecule has 1 atom stereocenters. The standard InChI is InChI=1S/C16H22N2O/c1-14-5-3-2-4-10-18(14)11-12-19-16-8-6-15(13-17)7-9-16/h6-9,14H,2-5,10-12H2,1H3. The van der Waals surface area contributed by atoms with E-state index in [0.717, 1.165) is 18.9 Å². The molecule has 1 saturated heterocycles. The van der Waals surface area contributed by atoms with Crippen molar-refractivity contribution in [1.82, 2.24) is 4.90 Å². The summed E-state index contributed by atoms with van der Waals surface area (Å²) in [6.45, 7) is 5.21. The summed E-state index contributed by atoms with van der Waals surface area (Å²) < 4.78 is 5.75. The number of benzene rings is 1. The monoisotopic (exact) mass is 258 g/mol. The fourth-order valence-electron chi connectivity index (χ4n) is 2.57. The molecule has 3 heteroatoms. The van der Waals surface area contributed by atoms with E-state index in [1.54, 1.807) is 12.1 Å². The highest BCUT2D eigenvalue weighted by atomic mass is 16.5. The smallest absolute Gasteiger partial charge is 0.119 e.